The lowest BCUT2D eigenvalue weighted by Crippen LogP contribution is -2.19. The lowest BCUT2D eigenvalue weighted by Gasteiger charge is -2.09. The van der Waals surface area contributed by atoms with Gasteiger partial charge in [-0.05, 0) is 25.3 Å². The molecule has 10 heteroatoms. The zero-order valence-corrected chi connectivity index (χ0v) is 20.9. The van der Waals surface area contributed by atoms with Gasteiger partial charge >= 0.3 is 0 Å². The van der Waals surface area contributed by atoms with Crippen LogP contribution in [-0.4, -0.2) is 50.9 Å². The van der Waals surface area contributed by atoms with E-state index in [1.165, 1.54) is 11.3 Å². The molecule has 0 fully saturated rings. The average molecular weight is 495 g/mol. The molecule has 2 aromatic carbocycles. The van der Waals surface area contributed by atoms with Crippen molar-refractivity contribution in [1.82, 2.24) is 4.57 Å². The van der Waals surface area contributed by atoms with E-state index < -0.39 is 15.7 Å². The second kappa shape index (κ2) is 10.5. The van der Waals surface area contributed by atoms with Crippen LogP contribution in [-0.2, 0) is 21.2 Å². The number of aryl methyl sites for hydroxylation is 2. The maximum absolute atomic E-state index is 12.6. The zero-order chi connectivity index (χ0) is 23.3. The molecule has 0 saturated carbocycles. The first kappa shape index (κ1) is 24.3. The van der Waals surface area contributed by atoms with Gasteiger partial charge in [0.1, 0.15) is 0 Å². The summed E-state index contributed by atoms with van der Waals surface area (Å²) in [5.41, 5.74) is 1.86. The fourth-order valence-corrected chi connectivity index (χ4v) is 5.81. The predicted octanol–water partition coefficient (Wildman–Crippen LogP) is 3.68. The van der Waals surface area contributed by atoms with Gasteiger partial charge < -0.3 is 14.0 Å². The van der Waals surface area contributed by atoms with Gasteiger partial charge in [0.2, 0.25) is 5.91 Å². The molecule has 0 aliphatic carbocycles. The summed E-state index contributed by atoms with van der Waals surface area (Å²) in [6, 6.07) is 10.3. The van der Waals surface area contributed by atoms with Crippen molar-refractivity contribution >= 4 is 49.1 Å². The van der Waals surface area contributed by atoms with Crippen LogP contribution in [0.15, 0.2) is 46.3 Å². The molecule has 32 heavy (non-hydrogen) atoms. The number of fused-ring (bicyclic) bond motifs is 1. The van der Waals surface area contributed by atoms with E-state index in [9.17, 15) is 13.2 Å². The SMILES string of the molecule is COc1cc2sc(=NC(=O)CCS(=O)(=O)c3ccc(C)cc3)n(CCSC)c2cc1OC. The van der Waals surface area contributed by atoms with Crippen LogP contribution in [0.25, 0.3) is 10.2 Å². The third-order valence-electron chi connectivity index (χ3n) is 4.89. The Morgan fingerprint density at radius 1 is 1.12 bits per heavy atom. The molecule has 0 radical (unpaired) electrons. The first-order chi connectivity index (χ1) is 15.3. The van der Waals surface area contributed by atoms with Crippen LogP contribution in [0.1, 0.15) is 12.0 Å². The summed E-state index contributed by atoms with van der Waals surface area (Å²) in [6.45, 7) is 2.55. The number of rotatable bonds is 9. The Bertz CT molecular complexity index is 1280. The highest BCUT2D eigenvalue weighted by molar-refractivity contribution is 7.98. The maximum Gasteiger partial charge on any atom is 0.249 e. The largest absolute Gasteiger partial charge is 0.493 e. The van der Waals surface area contributed by atoms with E-state index in [-0.39, 0.29) is 17.1 Å². The Morgan fingerprint density at radius 3 is 2.41 bits per heavy atom. The van der Waals surface area contributed by atoms with E-state index in [0.29, 0.717) is 22.8 Å². The molecule has 0 spiro atoms. The van der Waals surface area contributed by atoms with Crippen molar-refractivity contribution in [3.05, 3.63) is 46.8 Å². The van der Waals surface area contributed by atoms with E-state index in [1.54, 1.807) is 50.2 Å². The van der Waals surface area contributed by atoms with Gasteiger partial charge in [-0.1, -0.05) is 29.0 Å². The molecular weight excluding hydrogens is 468 g/mol. The molecule has 0 N–H and O–H groups in total. The number of hydrogen-bond donors (Lipinski definition) is 0. The van der Waals surface area contributed by atoms with Crippen LogP contribution in [0.3, 0.4) is 0 Å². The molecule has 3 aromatic rings. The summed E-state index contributed by atoms with van der Waals surface area (Å²) >= 11 is 3.05. The molecule has 0 bridgehead atoms. The van der Waals surface area contributed by atoms with E-state index >= 15 is 0 Å². The van der Waals surface area contributed by atoms with Crippen LogP contribution in [0.4, 0.5) is 0 Å². The van der Waals surface area contributed by atoms with Crippen LogP contribution < -0.4 is 14.3 Å². The number of thioether (sulfide) groups is 1. The van der Waals surface area contributed by atoms with Gasteiger partial charge in [-0.3, -0.25) is 4.79 Å². The molecule has 0 aliphatic heterocycles. The minimum Gasteiger partial charge on any atom is -0.493 e. The minimum atomic E-state index is -3.55. The Balaban J connectivity index is 1.91. The van der Waals surface area contributed by atoms with Gasteiger partial charge in [-0.15, -0.1) is 0 Å². The maximum atomic E-state index is 12.6. The second-order valence-corrected chi connectivity index (χ2v) is 11.2. The fourth-order valence-electron chi connectivity index (χ4n) is 3.13. The number of amides is 1. The number of nitrogens with zero attached hydrogens (tertiary/aromatic N) is 2. The second-order valence-electron chi connectivity index (χ2n) is 7.09. The summed E-state index contributed by atoms with van der Waals surface area (Å²) < 4.78 is 38.8. The van der Waals surface area contributed by atoms with Crippen molar-refractivity contribution < 1.29 is 22.7 Å². The quantitative estimate of drug-likeness (QED) is 0.451. The first-order valence-corrected chi connectivity index (χ1v) is 13.8. The minimum absolute atomic E-state index is 0.181. The van der Waals surface area contributed by atoms with Crippen molar-refractivity contribution in [3.8, 4) is 11.5 Å². The van der Waals surface area contributed by atoms with Gasteiger partial charge in [0, 0.05) is 30.9 Å². The van der Waals surface area contributed by atoms with Crippen molar-refractivity contribution in [1.29, 1.82) is 0 Å². The van der Waals surface area contributed by atoms with E-state index in [1.807, 2.05) is 29.9 Å². The van der Waals surface area contributed by atoms with Crippen LogP contribution in [0.5, 0.6) is 11.5 Å². The summed E-state index contributed by atoms with van der Waals surface area (Å²) in [6.07, 6.45) is 1.83. The summed E-state index contributed by atoms with van der Waals surface area (Å²) in [5, 5.41) is 0. The summed E-state index contributed by atoms with van der Waals surface area (Å²) in [5.74, 6) is 1.28. The highest BCUT2D eigenvalue weighted by Gasteiger charge is 2.17. The molecule has 0 saturated heterocycles. The monoisotopic (exact) mass is 494 g/mol. The number of hydrogen-bond acceptors (Lipinski definition) is 7. The Morgan fingerprint density at radius 2 is 1.78 bits per heavy atom. The standard InChI is InChI=1S/C22H26N2O5S3/c1-15-5-7-16(8-6-15)32(26,27)12-9-21(25)23-22-24(10-11-30-4)17-13-18(28-2)19(29-3)14-20(17)31-22/h5-8,13-14H,9-12H2,1-4H3. The number of thiazole rings is 1. The van der Waals surface area contributed by atoms with Gasteiger partial charge in [0.05, 0.1) is 35.1 Å². The molecule has 0 unspecified atom stereocenters. The molecule has 0 atom stereocenters. The lowest BCUT2D eigenvalue weighted by molar-refractivity contribution is -0.117. The van der Waals surface area contributed by atoms with E-state index in [4.69, 9.17) is 9.47 Å². The number of aromatic nitrogens is 1. The predicted molar refractivity (Wildman–Crippen MR) is 130 cm³/mol. The molecule has 3 rings (SSSR count). The summed E-state index contributed by atoms with van der Waals surface area (Å²) in [4.78, 5) is 17.6. The number of carbonyl (C=O) groups is 1. The van der Waals surface area contributed by atoms with Crippen molar-refractivity contribution in [3.63, 3.8) is 0 Å². The van der Waals surface area contributed by atoms with Crippen molar-refractivity contribution in [2.75, 3.05) is 32.0 Å². The van der Waals surface area contributed by atoms with Crippen LogP contribution >= 0.6 is 23.1 Å². The summed E-state index contributed by atoms with van der Waals surface area (Å²) in [7, 11) is -0.405. The Kier molecular flexibility index (Phi) is 8.02. The Labute approximate surface area is 196 Å². The number of ether oxygens (including phenoxy) is 2. The topological polar surface area (TPSA) is 87.0 Å². The van der Waals surface area contributed by atoms with Crippen molar-refractivity contribution in [2.24, 2.45) is 4.99 Å². The molecule has 172 valence electrons. The highest BCUT2D eigenvalue weighted by Crippen LogP contribution is 2.33. The molecule has 1 amide bonds. The normalized spacial score (nSPS) is 12.3. The molecular formula is C22H26N2O5S3. The highest BCUT2D eigenvalue weighted by atomic mass is 32.2. The molecule has 1 aromatic heterocycles. The molecule has 0 aliphatic rings. The smallest absolute Gasteiger partial charge is 0.249 e. The van der Waals surface area contributed by atoms with Gasteiger partial charge in [-0.2, -0.15) is 16.8 Å². The van der Waals surface area contributed by atoms with Crippen LogP contribution in [0.2, 0.25) is 0 Å². The van der Waals surface area contributed by atoms with Crippen molar-refractivity contribution in [2.45, 2.75) is 24.8 Å². The molecule has 1 heterocycles. The zero-order valence-electron chi connectivity index (χ0n) is 18.5. The fraction of sp³-hybridized carbons (Fsp3) is 0.364. The van der Waals surface area contributed by atoms with Crippen LogP contribution in [0, 0.1) is 6.92 Å². The third-order valence-corrected chi connectivity index (χ3v) is 8.26. The number of sulfone groups is 1. The average Bonchev–Trinajstić information content (AvgIpc) is 3.11. The van der Waals surface area contributed by atoms with E-state index in [0.717, 1.165) is 21.5 Å². The van der Waals surface area contributed by atoms with Gasteiger partial charge in [0.25, 0.3) is 0 Å². The van der Waals surface area contributed by atoms with Gasteiger partial charge in [-0.25, -0.2) is 8.42 Å². The number of benzene rings is 2. The Hall–Kier alpha value is -2.30. The molecule has 7 nitrogen and oxygen atoms in total. The third kappa shape index (κ3) is 5.54. The van der Waals surface area contributed by atoms with E-state index in [2.05, 4.69) is 4.99 Å². The lowest BCUT2D eigenvalue weighted by atomic mass is 10.2. The number of methoxy groups -OCH3 is 2. The first-order valence-electron chi connectivity index (χ1n) is 9.90. The van der Waals surface area contributed by atoms with Gasteiger partial charge in [0.15, 0.2) is 26.1 Å². The number of carbonyl (C=O) groups excluding carboxylic acids is 1.